The molecule has 3 N–H and O–H groups in total. The smallest absolute Gasteiger partial charge is 0.309 e. The Morgan fingerprint density at radius 1 is 1.11 bits per heavy atom. The fourth-order valence-electron chi connectivity index (χ4n) is 3.99. The van der Waals surface area contributed by atoms with Crippen molar-refractivity contribution >= 4 is 5.97 Å². The second kappa shape index (κ2) is 5.80. The highest BCUT2D eigenvalue weighted by Gasteiger charge is 2.41. The minimum absolute atomic E-state index is 0.0381. The number of ether oxygens (including phenoxy) is 1. The van der Waals surface area contributed by atoms with E-state index < -0.39 is 0 Å². The lowest BCUT2D eigenvalue weighted by molar-refractivity contribution is -0.162. The van der Waals surface area contributed by atoms with Crippen LogP contribution in [0.4, 0.5) is 0 Å². The van der Waals surface area contributed by atoms with E-state index in [1.165, 1.54) is 0 Å². The zero-order valence-corrected chi connectivity index (χ0v) is 12.6. The summed E-state index contributed by atoms with van der Waals surface area (Å²) in [5.74, 6) is 1.83. The number of hydrogen-bond donors (Lipinski definition) is 2. The van der Waals surface area contributed by atoms with Gasteiger partial charge in [0.2, 0.25) is 0 Å². The second-order valence-corrected chi connectivity index (χ2v) is 6.87. The van der Waals surface area contributed by atoms with Gasteiger partial charge in [0.15, 0.2) is 0 Å². The molecule has 0 spiro atoms. The van der Waals surface area contributed by atoms with E-state index in [0.29, 0.717) is 23.7 Å². The Labute approximate surface area is 116 Å². The maximum Gasteiger partial charge on any atom is 0.309 e. The maximum absolute atomic E-state index is 12.5. The molecule has 4 nitrogen and oxygen atoms in total. The van der Waals surface area contributed by atoms with Crippen LogP contribution >= 0.6 is 0 Å². The summed E-state index contributed by atoms with van der Waals surface area (Å²) in [6.45, 7) is 9.52. The van der Waals surface area contributed by atoms with Gasteiger partial charge in [0, 0.05) is 12.5 Å². The van der Waals surface area contributed by atoms with Gasteiger partial charge in [-0.15, -0.1) is 0 Å². The van der Waals surface area contributed by atoms with Crippen LogP contribution in [0, 0.1) is 29.6 Å². The standard InChI is InChI=1S/C15H28N2O2/c1-8-5-9(2)12(10(3)6-8)15(18)19-13-11(4)7-17-14(13)16/h8-14,17H,5-7,16H2,1-4H3. The van der Waals surface area contributed by atoms with Crippen LogP contribution in [0.5, 0.6) is 0 Å². The van der Waals surface area contributed by atoms with E-state index >= 15 is 0 Å². The van der Waals surface area contributed by atoms with E-state index in [4.69, 9.17) is 10.5 Å². The molecule has 0 bridgehead atoms. The van der Waals surface area contributed by atoms with Gasteiger partial charge in [0.05, 0.1) is 12.1 Å². The van der Waals surface area contributed by atoms with Crippen molar-refractivity contribution in [3.63, 3.8) is 0 Å². The lowest BCUT2D eigenvalue weighted by Crippen LogP contribution is -2.45. The zero-order valence-electron chi connectivity index (χ0n) is 12.6. The summed E-state index contributed by atoms with van der Waals surface area (Å²) in [4.78, 5) is 12.5. The topological polar surface area (TPSA) is 64.3 Å². The van der Waals surface area contributed by atoms with E-state index in [-0.39, 0.29) is 24.2 Å². The fraction of sp³-hybridized carbons (Fsp3) is 0.933. The SMILES string of the molecule is CC1CC(C)C(C(=O)OC2C(C)CNC2N)C(C)C1. The van der Waals surface area contributed by atoms with Gasteiger partial charge in [-0.2, -0.15) is 0 Å². The molecule has 0 amide bonds. The first kappa shape index (κ1) is 14.8. The molecule has 2 rings (SSSR count). The van der Waals surface area contributed by atoms with Crippen molar-refractivity contribution in [3.05, 3.63) is 0 Å². The van der Waals surface area contributed by atoms with E-state index in [2.05, 4.69) is 33.0 Å². The second-order valence-electron chi connectivity index (χ2n) is 6.87. The van der Waals surface area contributed by atoms with Crippen molar-refractivity contribution in [2.45, 2.75) is 52.8 Å². The monoisotopic (exact) mass is 268 g/mol. The normalized spacial score (nSPS) is 47.1. The number of hydrogen-bond acceptors (Lipinski definition) is 4. The summed E-state index contributed by atoms with van der Waals surface area (Å²) >= 11 is 0. The number of carbonyl (C=O) groups is 1. The molecule has 1 saturated heterocycles. The number of carbonyl (C=O) groups excluding carboxylic acids is 1. The van der Waals surface area contributed by atoms with Crippen LogP contribution in [0.2, 0.25) is 0 Å². The first-order valence-electron chi connectivity index (χ1n) is 7.59. The Kier molecular flexibility index (Phi) is 4.51. The number of nitrogens with one attached hydrogen (secondary N) is 1. The Bertz CT molecular complexity index is 312. The Balaban J connectivity index is 1.99. The van der Waals surface area contributed by atoms with Crippen LogP contribution in [-0.4, -0.2) is 24.8 Å². The van der Waals surface area contributed by atoms with Gasteiger partial charge in [0.1, 0.15) is 6.10 Å². The Hall–Kier alpha value is -0.610. The molecule has 1 aliphatic carbocycles. The van der Waals surface area contributed by atoms with E-state index in [9.17, 15) is 4.79 Å². The van der Waals surface area contributed by atoms with Crippen LogP contribution in [-0.2, 0) is 9.53 Å². The molecular formula is C15H28N2O2. The molecule has 19 heavy (non-hydrogen) atoms. The average molecular weight is 268 g/mol. The highest BCUT2D eigenvalue weighted by atomic mass is 16.5. The van der Waals surface area contributed by atoms with Crippen LogP contribution in [0.1, 0.15) is 40.5 Å². The summed E-state index contributed by atoms with van der Waals surface area (Å²) in [7, 11) is 0. The molecule has 0 aromatic carbocycles. The molecule has 0 aromatic heterocycles. The number of nitrogens with two attached hydrogens (primary N) is 1. The molecule has 2 aliphatic rings. The van der Waals surface area contributed by atoms with E-state index in [1.807, 2.05) is 0 Å². The van der Waals surface area contributed by atoms with Gasteiger partial charge < -0.3 is 10.5 Å². The van der Waals surface area contributed by atoms with Gasteiger partial charge in [-0.25, -0.2) is 0 Å². The van der Waals surface area contributed by atoms with Gasteiger partial charge in [-0.1, -0.05) is 27.7 Å². The summed E-state index contributed by atoms with van der Waals surface area (Å²) in [6.07, 6.45) is 1.85. The van der Waals surface area contributed by atoms with Gasteiger partial charge >= 0.3 is 5.97 Å². The van der Waals surface area contributed by atoms with E-state index in [1.54, 1.807) is 0 Å². The quantitative estimate of drug-likeness (QED) is 0.749. The van der Waals surface area contributed by atoms with Crippen molar-refractivity contribution in [3.8, 4) is 0 Å². The third-order valence-corrected chi connectivity index (χ3v) is 4.89. The lowest BCUT2D eigenvalue weighted by atomic mass is 9.69. The van der Waals surface area contributed by atoms with Crippen LogP contribution in [0.3, 0.4) is 0 Å². The molecule has 0 aromatic rings. The first-order valence-corrected chi connectivity index (χ1v) is 7.59. The molecule has 110 valence electrons. The van der Waals surface area contributed by atoms with E-state index in [0.717, 1.165) is 19.4 Å². The fourth-order valence-corrected chi connectivity index (χ4v) is 3.99. The highest BCUT2D eigenvalue weighted by Crippen LogP contribution is 2.38. The summed E-state index contributed by atoms with van der Waals surface area (Å²) in [5, 5.41) is 3.16. The maximum atomic E-state index is 12.5. The third-order valence-electron chi connectivity index (χ3n) is 4.89. The molecule has 0 radical (unpaired) electrons. The van der Waals surface area contributed by atoms with Gasteiger partial charge in [0.25, 0.3) is 0 Å². The summed E-state index contributed by atoms with van der Waals surface area (Å²) in [5.41, 5.74) is 5.95. The predicted octanol–water partition coefficient (Wildman–Crippen LogP) is 1.74. The predicted molar refractivity (Wildman–Crippen MR) is 75.2 cm³/mol. The van der Waals surface area contributed by atoms with Gasteiger partial charge in [-0.3, -0.25) is 10.1 Å². The average Bonchev–Trinajstić information content (AvgIpc) is 2.59. The van der Waals surface area contributed by atoms with Crippen molar-refractivity contribution in [2.75, 3.05) is 6.54 Å². The zero-order chi connectivity index (χ0) is 14.2. The molecule has 5 unspecified atom stereocenters. The first-order chi connectivity index (χ1) is 8.90. The van der Waals surface area contributed by atoms with Crippen molar-refractivity contribution in [2.24, 2.45) is 35.3 Å². The molecule has 1 heterocycles. The summed E-state index contributed by atoms with van der Waals surface area (Å²) in [6, 6.07) is 0. The third kappa shape index (κ3) is 3.11. The lowest BCUT2D eigenvalue weighted by Gasteiger charge is -2.37. The van der Waals surface area contributed by atoms with Crippen LogP contribution in [0.25, 0.3) is 0 Å². The molecule has 1 aliphatic heterocycles. The Morgan fingerprint density at radius 3 is 2.16 bits per heavy atom. The molecule has 5 atom stereocenters. The number of esters is 1. The van der Waals surface area contributed by atoms with Gasteiger partial charge in [-0.05, 0) is 30.6 Å². The number of rotatable bonds is 2. The molecule has 1 saturated carbocycles. The van der Waals surface area contributed by atoms with Crippen LogP contribution in [0.15, 0.2) is 0 Å². The van der Waals surface area contributed by atoms with Crippen molar-refractivity contribution in [1.29, 1.82) is 0 Å². The molecular weight excluding hydrogens is 240 g/mol. The minimum Gasteiger partial charge on any atom is -0.459 e. The summed E-state index contributed by atoms with van der Waals surface area (Å²) < 4.78 is 5.72. The molecule has 4 heteroatoms. The van der Waals surface area contributed by atoms with Crippen molar-refractivity contribution in [1.82, 2.24) is 5.32 Å². The molecule has 2 fully saturated rings. The largest absolute Gasteiger partial charge is 0.459 e. The van der Waals surface area contributed by atoms with Crippen molar-refractivity contribution < 1.29 is 9.53 Å². The highest BCUT2D eigenvalue weighted by molar-refractivity contribution is 5.73. The van der Waals surface area contributed by atoms with Crippen LogP contribution < -0.4 is 11.1 Å². The Morgan fingerprint density at radius 2 is 1.68 bits per heavy atom. The minimum atomic E-state index is -0.216.